The molecule has 0 bridgehead atoms. The molecular weight excluding hydrogens is 919 g/mol. The van der Waals surface area contributed by atoms with Gasteiger partial charge in [0.1, 0.15) is 47.5 Å². The number of fused-ring (bicyclic) bond motifs is 2. The Bertz CT molecular complexity index is 2850. The van der Waals surface area contributed by atoms with Crippen molar-refractivity contribution in [1.82, 2.24) is 0 Å². The zero-order chi connectivity index (χ0) is 37.6. The van der Waals surface area contributed by atoms with Crippen LogP contribution in [0.15, 0.2) is 132 Å². The summed E-state index contributed by atoms with van der Waals surface area (Å²) in [5.74, 6) is -1.24. The molecule has 277 valence electrons. The number of aromatic hydroxyl groups is 2. The van der Waals surface area contributed by atoms with E-state index in [-0.39, 0.29) is 215 Å². The fourth-order valence-corrected chi connectivity index (χ4v) is 7.31. The standard InChI is InChI=1S/C33H25N5O11S3.Cu.3K/c1-18-12-27(28(39)17-26(18)36-35-22-15-25-24(30(16-22)51(44,45)46)8-5-9-29(25)50(41,42)43)37-38-32-31(52(47,48)49)14-19-13-21(10-11-23(19)33(32)40)34-20-6-3-2-4-7-20;;;;/h2-17,34,39-40H,1H3,(H,41,42,43)(H,44,45,46)(H,47,48,49);;;;/q;;3*+1/p-3. The van der Waals surface area contributed by atoms with Gasteiger partial charge in [0.05, 0.1) is 26.1 Å². The number of phenolic OH excluding ortho intramolecular Hbond substituents is 2. The first-order chi connectivity index (χ1) is 24.4. The van der Waals surface area contributed by atoms with Crippen LogP contribution in [0.2, 0.25) is 0 Å². The second-order valence-corrected chi connectivity index (χ2v) is 15.2. The van der Waals surface area contributed by atoms with Gasteiger partial charge in [-0.3, -0.25) is 0 Å². The third kappa shape index (κ3) is 12.1. The fraction of sp³-hybridized carbons (Fsp3) is 0.0303. The molecule has 0 fully saturated rings. The number of aryl methyl sites for hydroxylation is 1. The Morgan fingerprint density at radius 1 is 0.554 bits per heavy atom. The number of benzene rings is 6. The first-order valence-corrected chi connectivity index (χ1v) is 18.9. The molecule has 0 heterocycles. The molecule has 6 rings (SSSR count). The van der Waals surface area contributed by atoms with E-state index in [2.05, 4.69) is 25.8 Å². The van der Waals surface area contributed by atoms with Crippen LogP contribution in [-0.4, -0.2) is 49.1 Å². The smallest absolute Gasteiger partial charge is 0.744 e. The molecule has 0 saturated carbocycles. The van der Waals surface area contributed by atoms with Gasteiger partial charge < -0.3 is 29.2 Å². The molecule has 56 heavy (non-hydrogen) atoms. The van der Waals surface area contributed by atoms with Crippen molar-refractivity contribution in [2.75, 3.05) is 5.32 Å². The summed E-state index contributed by atoms with van der Waals surface area (Å²) in [6, 6.07) is 22.1. The van der Waals surface area contributed by atoms with Crippen molar-refractivity contribution in [2.24, 2.45) is 20.5 Å². The number of hydrogen-bond acceptors (Lipinski definition) is 16. The van der Waals surface area contributed by atoms with Crippen LogP contribution in [0.3, 0.4) is 0 Å². The van der Waals surface area contributed by atoms with E-state index in [1.807, 2.05) is 18.2 Å². The molecule has 23 heteroatoms. The predicted molar refractivity (Wildman–Crippen MR) is 184 cm³/mol. The number of azo groups is 2. The molecular formula is C33H22CuK3N5O11S3. The maximum Gasteiger partial charge on any atom is 1.00 e. The summed E-state index contributed by atoms with van der Waals surface area (Å²) >= 11 is 0. The minimum Gasteiger partial charge on any atom is -0.744 e. The number of hydrogen-bond donors (Lipinski definition) is 3. The minimum absolute atomic E-state index is 0. The van der Waals surface area contributed by atoms with E-state index in [0.717, 1.165) is 48.2 Å². The third-order valence-corrected chi connectivity index (χ3v) is 10.3. The van der Waals surface area contributed by atoms with Crippen molar-refractivity contribution in [3.63, 3.8) is 0 Å². The van der Waals surface area contributed by atoms with Crippen LogP contribution < -0.4 is 159 Å². The second kappa shape index (κ2) is 20.9. The number of rotatable bonds is 9. The van der Waals surface area contributed by atoms with Crippen molar-refractivity contribution < 1.29 is 220 Å². The van der Waals surface area contributed by atoms with Gasteiger partial charge in [-0.1, -0.05) is 30.3 Å². The Labute approximate surface area is 459 Å². The maximum atomic E-state index is 12.3. The summed E-state index contributed by atoms with van der Waals surface area (Å²) in [4.78, 5) is -2.51. The van der Waals surface area contributed by atoms with Crippen molar-refractivity contribution in [3.05, 3.63) is 103 Å². The van der Waals surface area contributed by atoms with Gasteiger partial charge in [-0.05, 0) is 78.5 Å². The topological polar surface area (TPSA) is 274 Å². The molecule has 0 aliphatic heterocycles. The Hall–Kier alpha value is -0.401. The van der Waals surface area contributed by atoms with Gasteiger partial charge in [-0.2, -0.15) is 10.2 Å². The van der Waals surface area contributed by atoms with E-state index in [9.17, 15) is 49.1 Å². The van der Waals surface area contributed by atoms with Crippen LogP contribution in [0.4, 0.5) is 34.1 Å². The Morgan fingerprint density at radius 2 is 1.18 bits per heavy atom. The van der Waals surface area contributed by atoms with Crippen molar-refractivity contribution in [1.29, 1.82) is 0 Å². The van der Waals surface area contributed by atoms with Crippen molar-refractivity contribution in [2.45, 2.75) is 21.6 Å². The summed E-state index contributed by atoms with van der Waals surface area (Å²) in [6.45, 7) is 1.49. The van der Waals surface area contributed by atoms with E-state index in [1.165, 1.54) is 25.1 Å². The fourth-order valence-electron chi connectivity index (χ4n) is 5.27. The average molecular weight is 942 g/mol. The number of nitrogens with one attached hydrogen (secondary N) is 1. The van der Waals surface area contributed by atoms with Gasteiger partial charge in [0.2, 0.25) is 0 Å². The average Bonchev–Trinajstić information content (AvgIpc) is 3.06. The second-order valence-electron chi connectivity index (χ2n) is 11.2. The molecule has 0 unspecified atom stereocenters. The normalized spacial score (nSPS) is 11.8. The third-order valence-electron chi connectivity index (χ3n) is 7.65. The molecule has 0 aromatic heterocycles. The monoisotopic (exact) mass is 940 g/mol. The minimum atomic E-state index is -5.20. The maximum absolute atomic E-state index is 12.3. The molecule has 6 aromatic rings. The summed E-state index contributed by atoms with van der Waals surface area (Å²) < 4.78 is 108. The largest absolute Gasteiger partial charge is 1.00 e. The molecule has 1 radical (unpaired) electrons. The molecule has 0 saturated heterocycles. The van der Waals surface area contributed by atoms with E-state index in [0.29, 0.717) is 5.69 Å². The van der Waals surface area contributed by atoms with Gasteiger partial charge >= 0.3 is 154 Å². The molecule has 0 atom stereocenters. The summed E-state index contributed by atoms with van der Waals surface area (Å²) in [5, 5.41) is 40.0. The van der Waals surface area contributed by atoms with E-state index in [4.69, 9.17) is 0 Å². The molecule has 0 aliphatic carbocycles. The Morgan fingerprint density at radius 3 is 1.80 bits per heavy atom. The predicted octanol–water partition coefficient (Wildman–Crippen LogP) is -1.99. The van der Waals surface area contributed by atoms with E-state index in [1.54, 1.807) is 18.2 Å². The van der Waals surface area contributed by atoms with E-state index < -0.39 is 62.2 Å². The summed E-state index contributed by atoms with van der Waals surface area (Å²) in [7, 11) is -15.5. The van der Waals surface area contributed by atoms with Gasteiger partial charge in [-0.25, -0.2) is 25.3 Å². The summed E-state index contributed by atoms with van der Waals surface area (Å²) in [5.41, 5.74) is 0.283. The zero-order valence-corrected chi connectivity index (χ0v) is 42.4. The van der Waals surface area contributed by atoms with Crippen LogP contribution in [0.1, 0.15) is 5.56 Å². The van der Waals surface area contributed by atoms with Gasteiger partial charge in [-0.15, -0.1) is 10.2 Å². The van der Waals surface area contributed by atoms with Crippen LogP contribution in [-0.2, 0) is 47.4 Å². The van der Waals surface area contributed by atoms with Crippen LogP contribution in [0.25, 0.3) is 21.5 Å². The number of phenols is 2. The quantitative estimate of drug-likeness (QED) is 0.0808. The van der Waals surface area contributed by atoms with Gasteiger partial charge in [0, 0.05) is 50.7 Å². The van der Waals surface area contributed by atoms with Crippen molar-refractivity contribution in [3.8, 4) is 11.5 Å². The first kappa shape index (κ1) is 51.7. The molecule has 0 spiro atoms. The molecule has 3 N–H and O–H groups in total. The van der Waals surface area contributed by atoms with Crippen LogP contribution in [0, 0.1) is 6.92 Å². The van der Waals surface area contributed by atoms with Crippen molar-refractivity contribution >= 4 is 86.0 Å². The molecule has 6 aromatic carbocycles. The Kier molecular flexibility index (Phi) is 19.3. The molecule has 0 aliphatic rings. The van der Waals surface area contributed by atoms with E-state index >= 15 is 0 Å². The Balaban J connectivity index is 0.00000271. The van der Waals surface area contributed by atoms with Crippen LogP contribution in [0.5, 0.6) is 11.5 Å². The number of nitrogens with zero attached hydrogens (tertiary/aromatic N) is 4. The molecule has 16 nitrogen and oxygen atoms in total. The number of para-hydroxylation sites is 1. The van der Waals surface area contributed by atoms with Gasteiger partial charge in [0.25, 0.3) is 0 Å². The van der Waals surface area contributed by atoms with Gasteiger partial charge in [0.15, 0.2) is 5.75 Å². The SMILES string of the molecule is Cc1cc(N=Nc2c(S(=O)(=O)[O-])cc3cc(Nc4ccccc4)ccc3c2O)c(O)cc1N=Nc1cc(S(=O)(=O)[O-])c2cccc(S(=O)(=O)[O-])c2c1.[Cu].[K+].[K+].[K+]. The summed E-state index contributed by atoms with van der Waals surface area (Å²) in [6.07, 6.45) is 0. The number of anilines is 2. The van der Waals surface area contributed by atoms with Crippen LogP contribution >= 0.6 is 0 Å². The molecule has 0 amide bonds. The first-order valence-electron chi connectivity index (χ1n) is 14.6. The zero-order valence-electron chi connectivity index (χ0n) is 29.6.